The first-order chi connectivity index (χ1) is 9.43. The molecule has 8 heteroatoms. The van der Waals surface area contributed by atoms with Crippen molar-refractivity contribution in [1.82, 2.24) is 35.0 Å². The number of aryl methyl sites for hydroxylation is 1. The summed E-state index contributed by atoms with van der Waals surface area (Å²) in [6, 6.07) is 9.82. The van der Waals surface area contributed by atoms with Crippen LogP contribution in [-0.2, 0) is 6.54 Å². The molecule has 1 aromatic carbocycles. The second-order valence-electron chi connectivity index (χ2n) is 3.72. The Morgan fingerprint density at radius 1 is 1.16 bits per heavy atom. The van der Waals surface area contributed by atoms with Gasteiger partial charge in [0.25, 0.3) is 0 Å². The van der Waals surface area contributed by atoms with Crippen molar-refractivity contribution in [3.05, 3.63) is 43.0 Å². The second-order valence-corrected chi connectivity index (χ2v) is 4.78. The molecule has 0 unspecified atom stereocenters. The number of aromatic nitrogens is 7. The van der Waals surface area contributed by atoms with Gasteiger partial charge in [0, 0.05) is 5.75 Å². The largest absolute Gasteiger partial charge is 0.252 e. The molecule has 3 rings (SSSR count). The Morgan fingerprint density at radius 3 is 2.84 bits per heavy atom. The number of benzene rings is 1. The molecule has 0 bridgehead atoms. The molecule has 0 aliphatic rings. The molecule has 2 aromatic heterocycles. The molecule has 0 saturated carbocycles. The van der Waals surface area contributed by atoms with Gasteiger partial charge in [-0.15, -0.1) is 5.10 Å². The Kier molecular flexibility index (Phi) is 3.50. The molecule has 19 heavy (non-hydrogen) atoms. The Balaban J connectivity index is 1.67. The highest BCUT2D eigenvalue weighted by Gasteiger charge is 2.08. The van der Waals surface area contributed by atoms with Gasteiger partial charge in [-0.25, -0.2) is 4.98 Å². The summed E-state index contributed by atoms with van der Waals surface area (Å²) in [6.07, 6.45) is 3.22. The molecule has 0 aliphatic carbocycles. The van der Waals surface area contributed by atoms with Crippen molar-refractivity contribution in [1.29, 1.82) is 0 Å². The number of thioether (sulfide) groups is 1. The lowest BCUT2D eigenvalue weighted by atomic mass is 10.3. The Bertz CT molecular complexity index is 620. The monoisotopic (exact) mass is 273 g/mol. The fraction of sp³-hybridized carbons (Fsp3) is 0.182. The lowest BCUT2D eigenvalue weighted by molar-refractivity contribution is 0.663. The number of rotatable bonds is 5. The van der Waals surface area contributed by atoms with Crippen molar-refractivity contribution in [3.63, 3.8) is 0 Å². The van der Waals surface area contributed by atoms with Crippen molar-refractivity contribution in [3.8, 4) is 5.69 Å². The molecule has 3 aromatic rings. The van der Waals surface area contributed by atoms with Crippen molar-refractivity contribution in [2.24, 2.45) is 0 Å². The highest BCUT2D eigenvalue weighted by Crippen LogP contribution is 2.17. The van der Waals surface area contributed by atoms with Gasteiger partial charge in [0.1, 0.15) is 12.7 Å². The lowest BCUT2D eigenvalue weighted by Gasteiger charge is -2.03. The standard InChI is InChI=1S/C11H11N7S/c1-2-4-10(5-3-1)18-11(14-15-16-18)19-7-6-17-9-12-8-13-17/h1-5,8-9H,6-7H2. The van der Waals surface area contributed by atoms with Crippen LogP contribution in [0.2, 0.25) is 0 Å². The molecule has 0 spiro atoms. The first kappa shape index (κ1) is 11.8. The summed E-state index contributed by atoms with van der Waals surface area (Å²) >= 11 is 1.59. The molecule has 0 radical (unpaired) electrons. The highest BCUT2D eigenvalue weighted by atomic mass is 32.2. The van der Waals surface area contributed by atoms with Gasteiger partial charge in [-0.3, -0.25) is 4.68 Å². The molecule has 0 saturated heterocycles. The lowest BCUT2D eigenvalue weighted by Crippen LogP contribution is -2.03. The zero-order valence-corrected chi connectivity index (χ0v) is 10.8. The van der Waals surface area contributed by atoms with E-state index < -0.39 is 0 Å². The van der Waals surface area contributed by atoms with Crippen LogP contribution < -0.4 is 0 Å². The minimum Gasteiger partial charge on any atom is -0.252 e. The van der Waals surface area contributed by atoms with E-state index in [0.717, 1.165) is 23.1 Å². The fourth-order valence-corrected chi connectivity index (χ4v) is 2.40. The smallest absolute Gasteiger partial charge is 0.214 e. The zero-order chi connectivity index (χ0) is 12.9. The quantitative estimate of drug-likeness (QED) is 0.647. The molecule has 7 nitrogen and oxygen atoms in total. The first-order valence-corrected chi connectivity index (χ1v) is 6.71. The van der Waals surface area contributed by atoms with Crippen LogP contribution in [0.1, 0.15) is 0 Å². The van der Waals surface area contributed by atoms with E-state index in [1.54, 1.807) is 27.5 Å². The fourth-order valence-electron chi connectivity index (χ4n) is 1.58. The molecule has 0 atom stereocenters. The van der Waals surface area contributed by atoms with Crippen LogP contribution in [0.3, 0.4) is 0 Å². The second kappa shape index (κ2) is 5.61. The van der Waals surface area contributed by atoms with E-state index in [-0.39, 0.29) is 0 Å². The number of hydrogen-bond donors (Lipinski definition) is 0. The topological polar surface area (TPSA) is 74.3 Å². The maximum Gasteiger partial charge on any atom is 0.214 e. The third-order valence-electron chi connectivity index (χ3n) is 2.46. The third kappa shape index (κ3) is 2.79. The summed E-state index contributed by atoms with van der Waals surface area (Å²) in [5.41, 5.74) is 0.954. The molecule has 96 valence electrons. The van der Waals surface area contributed by atoms with Crippen molar-refractivity contribution >= 4 is 11.8 Å². The number of para-hydroxylation sites is 1. The average Bonchev–Trinajstić information content (AvgIpc) is 3.11. The Labute approximate surface area is 113 Å². The zero-order valence-electron chi connectivity index (χ0n) is 9.99. The number of nitrogens with zero attached hydrogens (tertiary/aromatic N) is 7. The van der Waals surface area contributed by atoms with Crippen LogP contribution in [0, 0.1) is 0 Å². The van der Waals surface area contributed by atoms with Gasteiger partial charge in [-0.2, -0.15) is 9.78 Å². The minimum atomic E-state index is 0.770. The third-order valence-corrected chi connectivity index (χ3v) is 3.36. The van der Waals surface area contributed by atoms with E-state index in [9.17, 15) is 0 Å². The summed E-state index contributed by atoms with van der Waals surface area (Å²) in [6.45, 7) is 0.770. The predicted molar refractivity (Wildman–Crippen MR) is 69.9 cm³/mol. The number of tetrazole rings is 1. The minimum absolute atomic E-state index is 0.770. The van der Waals surface area contributed by atoms with Gasteiger partial charge in [-0.1, -0.05) is 30.0 Å². The summed E-state index contributed by atoms with van der Waals surface area (Å²) < 4.78 is 3.51. The maximum absolute atomic E-state index is 4.05. The van der Waals surface area contributed by atoms with E-state index in [4.69, 9.17) is 0 Å². The van der Waals surface area contributed by atoms with Gasteiger partial charge in [0.2, 0.25) is 5.16 Å². The Morgan fingerprint density at radius 2 is 2.05 bits per heavy atom. The first-order valence-electron chi connectivity index (χ1n) is 5.72. The highest BCUT2D eigenvalue weighted by molar-refractivity contribution is 7.99. The molecular formula is C11H11N7S. The average molecular weight is 273 g/mol. The van der Waals surface area contributed by atoms with Crippen molar-refractivity contribution < 1.29 is 0 Å². The van der Waals surface area contributed by atoms with E-state index in [1.165, 1.54) is 6.33 Å². The molecule has 0 fully saturated rings. The molecular weight excluding hydrogens is 262 g/mol. The summed E-state index contributed by atoms with van der Waals surface area (Å²) in [5, 5.41) is 16.6. The summed E-state index contributed by atoms with van der Waals surface area (Å²) in [4.78, 5) is 3.90. The van der Waals surface area contributed by atoms with Crippen molar-refractivity contribution in [2.45, 2.75) is 11.7 Å². The van der Waals surface area contributed by atoms with E-state index in [0.29, 0.717) is 0 Å². The van der Waals surface area contributed by atoms with E-state index in [2.05, 4.69) is 25.6 Å². The van der Waals surface area contributed by atoms with Crippen LogP contribution >= 0.6 is 11.8 Å². The van der Waals surface area contributed by atoms with Crippen LogP contribution in [0.25, 0.3) is 5.69 Å². The van der Waals surface area contributed by atoms with Crippen LogP contribution in [-0.4, -0.2) is 40.7 Å². The van der Waals surface area contributed by atoms with Gasteiger partial charge >= 0.3 is 0 Å². The summed E-state index contributed by atoms with van der Waals surface area (Å²) in [7, 11) is 0. The van der Waals surface area contributed by atoms with Gasteiger partial charge in [0.05, 0.1) is 12.2 Å². The van der Waals surface area contributed by atoms with E-state index >= 15 is 0 Å². The van der Waals surface area contributed by atoms with Gasteiger partial charge in [0.15, 0.2) is 0 Å². The Hall–Kier alpha value is -2.22. The van der Waals surface area contributed by atoms with Gasteiger partial charge in [-0.05, 0) is 22.6 Å². The number of hydrogen-bond acceptors (Lipinski definition) is 6. The molecule has 0 aliphatic heterocycles. The normalized spacial score (nSPS) is 10.7. The predicted octanol–water partition coefficient (Wildman–Crippen LogP) is 1.05. The van der Waals surface area contributed by atoms with Crippen LogP contribution in [0.4, 0.5) is 0 Å². The van der Waals surface area contributed by atoms with Crippen LogP contribution in [0.15, 0.2) is 48.1 Å². The molecule has 2 heterocycles. The maximum atomic E-state index is 4.05. The molecule has 0 N–H and O–H groups in total. The van der Waals surface area contributed by atoms with Crippen molar-refractivity contribution in [2.75, 3.05) is 5.75 Å². The van der Waals surface area contributed by atoms with Gasteiger partial charge < -0.3 is 0 Å². The van der Waals surface area contributed by atoms with Crippen LogP contribution in [0.5, 0.6) is 0 Å². The van der Waals surface area contributed by atoms with E-state index in [1.807, 2.05) is 30.3 Å². The molecule has 0 amide bonds. The summed E-state index contributed by atoms with van der Waals surface area (Å²) in [5.74, 6) is 0.830. The SMILES string of the molecule is c1ccc(-n2nnnc2SCCn2cncn2)cc1.